The molecule has 1 aromatic heterocycles. The monoisotopic (exact) mass is 250 g/mol. The predicted molar refractivity (Wildman–Crippen MR) is 70.3 cm³/mol. The van der Waals surface area contributed by atoms with Crippen LogP contribution in [0.5, 0.6) is 0 Å². The Kier molecular flexibility index (Phi) is 3.69. The van der Waals surface area contributed by atoms with Crippen molar-refractivity contribution in [3.8, 4) is 0 Å². The number of halogens is 1. The molecule has 4 heteroatoms. The Labute approximate surface area is 105 Å². The summed E-state index contributed by atoms with van der Waals surface area (Å²) in [4.78, 5) is 14.8. The van der Waals surface area contributed by atoms with Crippen molar-refractivity contribution in [3.05, 3.63) is 35.0 Å². The van der Waals surface area contributed by atoms with Gasteiger partial charge in [0.25, 0.3) is 0 Å². The first-order valence-electron chi connectivity index (χ1n) is 5.73. The molecule has 2 rings (SSSR count). The highest BCUT2D eigenvalue weighted by molar-refractivity contribution is 6.31. The summed E-state index contributed by atoms with van der Waals surface area (Å²) in [5.74, 6) is 0.0488. The lowest BCUT2D eigenvalue weighted by Gasteiger charge is -2.02. The van der Waals surface area contributed by atoms with Crippen LogP contribution in [0.4, 0.5) is 0 Å². The van der Waals surface area contributed by atoms with Crippen LogP contribution in [-0.4, -0.2) is 17.4 Å². The van der Waals surface area contributed by atoms with E-state index in [1.807, 2.05) is 31.3 Å². The first-order valence-corrected chi connectivity index (χ1v) is 6.10. The molecule has 0 saturated carbocycles. The molecule has 0 atom stereocenters. The highest BCUT2D eigenvalue weighted by Gasteiger charge is 2.08. The van der Waals surface area contributed by atoms with Crippen molar-refractivity contribution in [3.63, 3.8) is 0 Å². The van der Waals surface area contributed by atoms with Gasteiger partial charge < -0.3 is 10.3 Å². The zero-order valence-electron chi connectivity index (χ0n) is 9.72. The number of hydrogen-bond donors (Lipinski definition) is 2. The van der Waals surface area contributed by atoms with E-state index in [1.54, 1.807) is 0 Å². The van der Waals surface area contributed by atoms with Crippen LogP contribution >= 0.6 is 11.6 Å². The van der Waals surface area contributed by atoms with Crippen LogP contribution < -0.4 is 5.32 Å². The highest BCUT2D eigenvalue weighted by Crippen LogP contribution is 2.22. The zero-order valence-corrected chi connectivity index (χ0v) is 10.5. The number of amides is 1. The molecule has 0 aliphatic carbocycles. The third-order valence-electron chi connectivity index (χ3n) is 2.65. The maximum absolute atomic E-state index is 11.6. The fourth-order valence-corrected chi connectivity index (χ4v) is 1.97. The minimum atomic E-state index is 0.0488. The fourth-order valence-electron chi connectivity index (χ4n) is 1.80. The van der Waals surface area contributed by atoms with Gasteiger partial charge in [0.1, 0.15) is 0 Å². The summed E-state index contributed by atoms with van der Waals surface area (Å²) in [5.41, 5.74) is 1.99. The molecular weight excluding hydrogens is 236 g/mol. The number of carbonyl (C=O) groups excluding carboxylic acids is 1. The molecule has 1 amide bonds. The van der Waals surface area contributed by atoms with E-state index in [2.05, 4.69) is 10.3 Å². The third kappa shape index (κ3) is 2.80. The van der Waals surface area contributed by atoms with Gasteiger partial charge in [-0.05, 0) is 30.2 Å². The Hall–Kier alpha value is -1.48. The maximum atomic E-state index is 11.6. The van der Waals surface area contributed by atoms with E-state index < -0.39 is 0 Å². The number of fused-ring (bicyclic) bond motifs is 1. The quantitative estimate of drug-likeness (QED) is 0.861. The van der Waals surface area contributed by atoms with Crippen LogP contribution in [0.25, 0.3) is 10.9 Å². The summed E-state index contributed by atoms with van der Waals surface area (Å²) in [6, 6.07) is 5.64. The van der Waals surface area contributed by atoms with Gasteiger partial charge in [-0.3, -0.25) is 4.79 Å². The minimum Gasteiger partial charge on any atom is -0.361 e. The van der Waals surface area contributed by atoms with Gasteiger partial charge in [-0.1, -0.05) is 18.5 Å². The number of nitrogens with one attached hydrogen (secondary N) is 2. The molecule has 0 radical (unpaired) electrons. The molecule has 0 aliphatic heterocycles. The van der Waals surface area contributed by atoms with Gasteiger partial charge in [0, 0.05) is 28.7 Å². The SMILES string of the molecule is CCCNC(=O)Cc1c[nH]c2ccc(Cl)cc12. The molecule has 2 N–H and O–H groups in total. The van der Waals surface area contributed by atoms with E-state index in [1.165, 1.54) is 0 Å². The first-order chi connectivity index (χ1) is 8.20. The molecule has 0 spiro atoms. The van der Waals surface area contributed by atoms with Crippen molar-refractivity contribution in [1.29, 1.82) is 0 Å². The van der Waals surface area contributed by atoms with Gasteiger partial charge in [-0.15, -0.1) is 0 Å². The largest absolute Gasteiger partial charge is 0.361 e. The van der Waals surface area contributed by atoms with Gasteiger partial charge in [-0.2, -0.15) is 0 Å². The van der Waals surface area contributed by atoms with E-state index in [-0.39, 0.29) is 5.91 Å². The summed E-state index contributed by atoms with van der Waals surface area (Å²) < 4.78 is 0. The summed E-state index contributed by atoms with van der Waals surface area (Å²) in [6.07, 6.45) is 3.21. The molecule has 0 bridgehead atoms. The number of aromatic nitrogens is 1. The Morgan fingerprint density at radius 2 is 2.29 bits per heavy atom. The van der Waals surface area contributed by atoms with E-state index in [4.69, 9.17) is 11.6 Å². The molecule has 0 saturated heterocycles. The van der Waals surface area contributed by atoms with Crippen molar-refractivity contribution < 1.29 is 4.79 Å². The standard InChI is InChI=1S/C13H15ClN2O/c1-2-5-15-13(17)6-9-8-16-12-4-3-10(14)7-11(9)12/h3-4,7-8,16H,2,5-6H2,1H3,(H,15,17). The van der Waals surface area contributed by atoms with Gasteiger partial charge >= 0.3 is 0 Å². The zero-order chi connectivity index (χ0) is 12.3. The van der Waals surface area contributed by atoms with Gasteiger partial charge in [0.05, 0.1) is 6.42 Å². The summed E-state index contributed by atoms with van der Waals surface area (Å²) in [7, 11) is 0. The number of carbonyl (C=O) groups is 1. The van der Waals surface area contributed by atoms with Crippen molar-refractivity contribution >= 4 is 28.4 Å². The van der Waals surface area contributed by atoms with Crippen LogP contribution in [0.2, 0.25) is 5.02 Å². The highest BCUT2D eigenvalue weighted by atomic mass is 35.5. The van der Waals surface area contributed by atoms with Crippen LogP contribution in [0.1, 0.15) is 18.9 Å². The second-order valence-electron chi connectivity index (χ2n) is 4.03. The van der Waals surface area contributed by atoms with E-state index in [9.17, 15) is 4.79 Å². The number of benzene rings is 1. The lowest BCUT2D eigenvalue weighted by molar-refractivity contribution is -0.120. The van der Waals surface area contributed by atoms with Crippen LogP contribution in [0.3, 0.4) is 0 Å². The van der Waals surface area contributed by atoms with Gasteiger partial charge in [0.2, 0.25) is 5.91 Å². The summed E-state index contributed by atoms with van der Waals surface area (Å²) in [6.45, 7) is 2.76. The maximum Gasteiger partial charge on any atom is 0.224 e. The molecule has 17 heavy (non-hydrogen) atoms. The second kappa shape index (κ2) is 5.23. The van der Waals surface area contributed by atoms with Crippen molar-refractivity contribution in [1.82, 2.24) is 10.3 Å². The van der Waals surface area contributed by atoms with Gasteiger partial charge in [-0.25, -0.2) is 0 Å². The van der Waals surface area contributed by atoms with Gasteiger partial charge in [0.15, 0.2) is 0 Å². The Morgan fingerprint density at radius 1 is 1.47 bits per heavy atom. The number of hydrogen-bond acceptors (Lipinski definition) is 1. The number of rotatable bonds is 4. The number of aromatic amines is 1. The Bertz CT molecular complexity index is 533. The molecular formula is C13H15ClN2O. The van der Waals surface area contributed by atoms with Crippen LogP contribution in [0, 0.1) is 0 Å². The molecule has 90 valence electrons. The fraction of sp³-hybridized carbons (Fsp3) is 0.308. The lowest BCUT2D eigenvalue weighted by Crippen LogP contribution is -2.25. The van der Waals surface area contributed by atoms with E-state index >= 15 is 0 Å². The summed E-state index contributed by atoms with van der Waals surface area (Å²) in [5, 5.41) is 4.57. The average molecular weight is 251 g/mol. The normalized spacial score (nSPS) is 10.7. The Balaban J connectivity index is 2.18. The van der Waals surface area contributed by atoms with Crippen molar-refractivity contribution in [2.75, 3.05) is 6.54 Å². The molecule has 0 aliphatic rings. The van der Waals surface area contributed by atoms with Crippen LogP contribution in [0.15, 0.2) is 24.4 Å². The number of H-pyrrole nitrogens is 1. The molecule has 2 aromatic rings. The second-order valence-corrected chi connectivity index (χ2v) is 4.47. The predicted octanol–water partition coefficient (Wildman–Crippen LogP) is 2.89. The van der Waals surface area contributed by atoms with E-state index in [0.717, 1.165) is 29.4 Å². The van der Waals surface area contributed by atoms with E-state index in [0.29, 0.717) is 11.4 Å². The van der Waals surface area contributed by atoms with Crippen molar-refractivity contribution in [2.45, 2.75) is 19.8 Å². The molecule has 0 unspecified atom stereocenters. The lowest BCUT2D eigenvalue weighted by atomic mass is 10.1. The Morgan fingerprint density at radius 3 is 3.06 bits per heavy atom. The average Bonchev–Trinajstić information content (AvgIpc) is 2.69. The van der Waals surface area contributed by atoms with Crippen molar-refractivity contribution in [2.24, 2.45) is 0 Å². The first kappa shape index (κ1) is 12.0. The topological polar surface area (TPSA) is 44.9 Å². The third-order valence-corrected chi connectivity index (χ3v) is 2.89. The summed E-state index contributed by atoms with van der Waals surface area (Å²) >= 11 is 5.95. The molecule has 3 nitrogen and oxygen atoms in total. The van der Waals surface area contributed by atoms with Crippen LogP contribution in [-0.2, 0) is 11.2 Å². The molecule has 1 aromatic carbocycles. The smallest absolute Gasteiger partial charge is 0.224 e. The molecule has 0 fully saturated rings. The molecule has 1 heterocycles. The minimum absolute atomic E-state index is 0.0488.